The Kier molecular flexibility index (Phi) is 7.32. The van der Waals surface area contributed by atoms with Crippen LogP contribution in [0.3, 0.4) is 0 Å². The largest absolute Gasteiger partial charge is 0.307 e. The molecule has 0 saturated carbocycles. The average Bonchev–Trinajstić information content (AvgIpc) is 3.70. The molecule has 0 N–H and O–H groups in total. The van der Waals surface area contributed by atoms with Crippen molar-refractivity contribution in [3.8, 4) is 39.1 Å². The van der Waals surface area contributed by atoms with Crippen molar-refractivity contribution in [2.75, 3.05) is 0 Å². The molecule has 0 amide bonds. The van der Waals surface area contributed by atoms with E-state index in [1.54, 1.807) is 0 Å². The minimum absolute atomic E-state index is 0.709. The highest BCUT2D eigenvalue weighted by molar-refractivity contribution is 9.10. The van der Waals surface area contributed by atoms with Crippen molar-refractivity contribution >= 4 is 49.3 Å². The summed E-state index contributed by atoms with van der Waals surface area (Å²) in [7, 11) is 0. The number of para-hydroxylation sites is 2. The molecule has 1 aromatic heterocycles. The van der Waals surface area contributed by atoms with Gasteiger partial charge in [-0.05, 0) is 74.3 Å². The predicted octanol–water partition coefficient (Wildman–Crippen LogP) is 13.9. The van der Waals surface area contributed by atoms with Crippen LogP contribution in [0.1, 0.15) is 22.3 Å². The van der Waals surface area contributed by atoms with Crippen LogP contribution in [0.25, 0.3) is 60.9 Å². The second kappa shape index (κ2) is 12.2. The van der Waals surface area contributed by atoms with E-state index < -0.39 is 5.41 Å². The van der Waals surface area contributed by atoms with E-state index in [1.807, 2.05) is 12.1 Å². The van der Waals surface area contributed by atoms with Crippen LogP contribution in [0.15, 0.2) is 193 Å². The smallest absolute Gasteiger partial charge is 0.0737 e. The van der Waals surface area contributed by atoms with Crippen LogP contribution in [0.4, 0.5) is 0 Å². The molecule has 1 nitrogen and oxygen atoms in total. The first kappa shape index (κ1) is 31.1. The van der Waals surface area contributed by atoms with Gasteiger partial charge in [-0.2, -0.15) is 0 Å². The molecule has 1 aliphatic rings. The molecule has 0 radical (unpaired) electrons. The zero-order valence-corrected chi connectivity index (χ0v) is 30.4. The number of hydrogen-bond acceptors (Lipinski definition) is 0. The Morgan fingerprint density at radius 1 is 0.462 bits per heavy atom. The van der Waals surface area contributed by atoms with Crippen molar-refractivity contribution in [1.82, 2.24) is 4.57 Å². The maximum absolute atomic E-state index is 7.09. The Labute approximate surface area is 316 Å². The number of benzene rings is 8. The lowest BCUT2D eigenvalue weighted by molar-refractivity contribution is 0.769. The molecule has 0 aliphatic heterocycles. The van der Waals surface area contributed by atoms with Gasteiger partial charge in [-0.15, -0.1) is 0 Å². The van der Waals surface area contributed by atoms with E-state index >= 15 is 0 Å². The molecule has 0 bridgehead atoms. The summed E-state index contributed by atoms with van der Waals surface area (Å²) in [4.78, 5) is 0. The summed E-state index contributed by atoms with van der Waals surface area (Å²) in [6.07, 6.45) is 0. The molecular formula is C49H31BrClN. The second-order valence-electron chi connectivity index (χ2n) is 13.4. The normalized spacial score (nSPS) is 13.0. The molecule has 0 unspecified atom stereocenters. The van der Waals surface area contributed by atoms with E-state index in [2.05, 4.69) is 196 Å². The molecule has 0 spiro atoms. The highest BCUT2D eigenvalue weighted by Gasteiger charge is 2.50. The van der Waals surface area contributed by atoms with Gasteiger partial charge in [-0.25, -0.2) is 0 Å². The Bertz CT molecular complexity index is 2730. The van der Waals surface area contributed by atoms with Crippen LogP contribution in [0.2, 0.25) is 5.02 Å². The summed E-state index contributed by atoms with van der Waals surface area (Å²) in [5, 5.41) is 3.08. The summed E-state index contributed by atoms with van der Waals surface area (Å²) in [5.41, 5.74) is 14.7. The number of aromatic nitrogens is 1. The number of hydrogen-bond donors (Lipinski definition) is 0. The Hall–Kier alpha value is -5.67. The number of rotatable bonds is 5. The summed E-state index contributed by atoms with van der Waals surface area (Å²) in [6, 6.07) is 67.9. The van der Waals surface area contributed by atoms with E-state index in [0.29, 0.717) is 5.02 Å². The second-order valence-corrected chi connectivity index (χ2v) is 14.7. The zero-order chi connectivity index (χ0) is 34.8. The van der Waals surface area contributed by atoms with Gasteiger partial charge >= 0.3 is 0 Å². The molecule has 0 atom stereocenters. The molecule has 9 aromatic rings. The molecule has 10 rings (SSSR count). The topological polar surface area (TPSA) is 4.93 Å². The lowest BCUT2D eigenvalue weighted by atomic mass is 9.64. The molecular weight excluding hydrogens is 718 g/mol. The van der Waals surface area contributed by atoms with Crippen molar-refractivity contribution in [2.24, 2.45) is 0 Å². The van der Waals surface area contributed by atoms with Gasteiger partial charge < -0.3 is 4.57 Å². The van der Waals surface area contributed by atoms with Gasteiger partial charge in [0.1, 0.15) is 0 Å². The van der Waals surface area contributed by atoms with Crippen LogP contribution in [0, 0.1) is 0 Å². The van der Waals surface area contributed by atoms with E-state index in [0.717, 1.165) is 21.2 Å². The van der Waals surface area contributed by atoms with Crippen LogP contribution in [-0.2, 0) is 5.41 Å². The van der Waals surface area contributed by atoms with Crippen LogP contribution in [0.5, 0.6) is 0 Å². The van der Waals surface area contributed by atoms with Crippen molar-refractivity contribution < 1.29 is 0 Å². The highest BCUT2D eigenvalue weighted by Crippen LogP contribution is 2.63. The van der Waals surface area contributed by atoms with Crippen LogP contribution in [-0.4, -0.2) is 4.57 Å². The molecule has 52 heavy (non-hydrogen) atoms. The summed E-state index contributed by atoms with van der Waals surface area (Å²) >= 11 is 11.4. The minimum atomic E-state index is -0.709. The zero-order valence-electron chi connectivity index (χ0n) is 28.1. The third-order valence-corrected chi connectivity index (χ3v) is 11.8. The summed E-state index contributed by atoms with van der Waals surface area (Å²) < 4.78 is 3.45. The fourth-order valence-electron chi connectivity index (χ4n) is 8.83. The third-order valence-electron chi connectivity index (χ3n) is 10.8. The van der Waals surface area contributed by atoms with E-state index in [9.17, 15) is 0 Å². The highest BCUT2D eigenvalue weighted by atomic mass is 79.9. The third kappa shape index (κ3) is 4.41. The Morgan fingerprint density at radius 3 is 1.56 bits per heavy atom. The standard InChI is InChI=1S/C49H31BrClN/c50-42-31-38-36-23-10-15-29-44(36)52(45-30-16-14-28-43(45)51)48(38)46-37-24-9-13-27-41(37)49(47(42)46,39-25-11-7-21-34(39)32-17-3-1-4-18-32)40-26-12-8-22-35(40)33-19-5-2-6-20-33/h1-31H. The monoisotopic (exact) mass is 747 g/mol. The molecule has 0 saturated heterocycles. The number of halogens is 2. The molecule has 3 heteroatoms. The predicted molar refractivity (Wildman–Crippen MR) is 222 cm³/mol. The SMILES string of the molecule is Clc1ccccc1-n1c2ccccc2c2cc(Br)c3c(c21)-c1ccccc1C3(c1ccccc1-c1ccccc1)c1ccccc1-c1ccccc1. The molecule has 0 fully saturated rings. The molecule has 1 heterocycles. The van der Waals surface area contributed by atoms with Gasteiger partial charge in [0, 0.05) is 20.8 Å². The first-order valence-corrected chi connectivity index (χ1v) is 18.8. The van der Waals surface area contributed by atoms with Gasteiger partial charge in [0.2, 0.25) is 0 Å². The maximum atomic E-state index is 7.09. The van der Waals surface area contributed by atoms with Gasteiger partial charge in [-0.3, -0.25) is 0 Å². The molecule has 8 aromatic carbocycles. The Morgan fingerprint density at radius 2 is 0.942 bits per heavy atom. The fourth-order valence-corrected chi connectivity index (χ4v) is 9.78. The molecule has 1 aliphatic carbocycles. The van der Waals surface area contributed by atoms with Crippen molar-refractivity contribution in [3.63, 3.8) is 0 Å². The number of nitrogens with zero attached hydrogens (tertiary/aromatic N) is 1. The quantitative estimate of drug-likeness (QED) is 0.165. The van der Waals surface area contributed by atoms with Gasteiger partial charge in [0.15, 0.2) is 0 Å². The summed E-state index contributed by atoms with van der Waals surface area (Å²) in [6.45, 7) is 0. The lowest BCUT2D eigenvalue weighted by Crippen LogP contribution is -2.30. The van der Waals surface area contributed by atoms with E-state index in [1.165, 1.54) is 66.4 Å². The van der Waals surface area contributed by atoms with Crippen LogP contribution < -0.4 is 0 Å². The maximum Gasteiger partial charge on any atom is 0.0737 e. The first-order chi connectivity index (χ1) is 25.7. The Balaban J connectivity index is 1.47. The summed E-state index contributed by atoms with van der Waals surface area (Å²) in [5.74, 6) is 0. The van der Waals surface area contributed by atoms with Gasteiger partial charge in [0.05, 0.1) is 27.2 Å². The van der Waals surface area contributed by atoms with Crippen molar-refractivity contribution in [3.05, 3.63) is 220 Å². The molecule has 246 valence electrons. The van der Waals surface area contributed by atoms with Crippen LogP contribution >= 0.6 is 27.5 Å². The van der Waals surface area contributed by atoms with Crippen molar-refractivity contribution in [1.29, 1.82) is 0 Å². The number of fused-ring (bicyclic) bond motifs is 7. The fraction of sp³-hybridized carbons (Fsp3) is 0.0204. The van der Waals surface area contributed by atoms with Crippen molar-refractivity contribution in [2.45, 2.75) is 5.41 Å². The van der Waals surface area contributed by atoms with E-state index in [-0.39, 0.29) is 0 Å². The minimum Gasteiger partial charge on any atom is -0.307 e. The van der Waals surface area contributed by atoms with Gasteiger partial charge in [-0.1, -0.05) is 191 Å². The first-order valence-electron chi connectivity index (χ1n) is 17.6. The average molecular weight is 749 g/mol. The van der Waals surface area contributed by atoms with Gasteiger partial charge in [0.25, 0.3) is 0 Å². The van der Waals surface area contributed by atoms with E-state index in [4.69, 9.17) is 11.6 Å². The lowest BCUT2D eigenvalue weighted by Gasteiger charge is -2.37.